The van der Waals surface area contributed by atoms with Crippen molar-refractivity contribution in [3.05, 3.63) is 34.6 Å². The van der Waals surface area contributed by atoms with Gasteiger partial charge in [-0.2, -0.15) is 20.0 Å². The number of nitrogens with one attached hydrogen (secondary N) is 2. The molecule has 0 radical (unpaired) electrons. The molecule has 0 spiro atoms. The molecule has 4 heterocycles. The Hall–Kier alpha value is -4.33. The largest absolute Gasteiger partial charge is 0.465 e. The first-order valence-corrected chi connectivity index (χ1v) is 13.6. The molecule has 1 aliphatic carbocycles. The second-order valence-corrected chi connectivity index (χ2v) is 10.6. The molecule has 2 unspecified atom stereocenters. The molecular weight excluding hydrogens is 536 g/mol. The number of nitrogens with zero attached hydrogens (tertiary/aromatic N) is 8. The van der Waals surface area contributed by atoms with Gasteiger partial charge in [0, 0.05) is 32.3 Å². The molecule has 3 aliphatic rings. The number of imidazole rings is 1. The summed E-state index contributed by atoms with van der Waals surface area (Å²) in [5.41, 5.74) is 2.10. The number of halogens is 1. The van der Waals surface area contributed by atoms with Gasteiger partial charge in [0.25, 0.3) is 0 Å². The molecule has 2 saturated heterocycles. The SMILES string of the molecule is N#Cc1cc(Nc2nc(NC3CC3)c3ncc(C#N)n3n2)c(Cl)c(N2CCN(C(=O)O)C(CC3CCCO3)C2)c1. The highest BCUT2D eigenvalue weighted by molar-refractivity contribution is 6.36. The molecule has 14 heteroatoms. The van der Waals surface area contributed by atoms with Crippen LogP contribution >= 0.6 is 11.6 Å². The van der Waals surface area contributed by atoms with Gasteiger partial charge in [0.1, 0.15) is 6.07 Å². The zero-order valence-electron chi connectivity index (χ0n) is 21.5. The van der Waals surface area contributed by atoms with Crippen LogP contribution in [0.5, 0.6) is 0 Å². The van der Waals surface area contributed by atoms with E-state index in [0.29, 0.717) is 66.1 Å². The molecule has 13 nitrogen and oxygen atoms in total. The monoisotopic (exact) mass is 562 g/mol. The summed E-state index contributed by atoms with van der Waals surface area (Å²) in [6.07, 6.45) is 5.03. The Balaban J connectivity index is 1.32. The first kappa shape index (κ1) is 25.9. The Morgan fingerprint density at radius 3 is 2.77 bits per heavy atom. The average Bonchev–Trinajstić information content (AvgIpc) is 3.43. The van der Waals surface area contributed by atoms with Gasteiger partial charge in [-0.05, 0) is 44.2 Å². The van der Waals surface area contributed by atoms with Crippen LogP contribution in [-0.2, 0) is 4.74 Å². The minimum absolute atomic E-state index is 0.0249. The quantitative estimate of drug-likeness (QED) is 0.385. The first-order valence-electron chi connectivity index (χ1n) is 13.2. The third-order valence-corrected chi connectivity index (χ3v) is 7.85. The van der Waals surface area contributed by atoms with Crippen molar-refractivity contribution in [2.45, 2.75) is 50.3 Å². The Labute approximate surface area is 234 Å². The van der Waals surface area contributed by atoms with Gasteiger partial charge in [-0.15, -0.1) is 5.10 Å². The summed E-state index contributed by atoms with van der Waals surface area (Å²) in [6.45, 7) is 1.83. The van der Waals surface area contributed by atoms with Crippen LogP contribution < -0.4 is 15.5 Å². The number of piperazine rings is 1. The molecule has 1 saturated carbocycles. The Kier molecular flexibility index (Phi) is 6.92. The predicted octanol–water partition coefficient (Wildman–Crippen LogP) is 3.58. The van der Waals surface area contributed by atoms with Crippen LogP contribution in [0.3, 0.4) is 0 Å². The molecule has 2 aromatic heterocycles. The summed E-state index contributed by atoms with van der Waals surface area (Å²) in [4.78, 5) is 24.3. The fourth-order valence-corrected chi connectivity index (χ4v) is 5.58. The van der Waals surface area contributed by atoms with Crippen LogP contribution in [0.2, 0.25) is 5.02 Å². The number of fused-ring (bicyclic) bond motifs is 1. The lowest BCUT2D eigenvalue weighted by molar-refractivity contribution is 0.0624. The van der Waals surface area contributed by atoms with Crippen LogP contribution in [0.4, 0.5) is 27.9 Å². The molecule has 3 fully saturated rings. The summed E-state index contributed by atoms with van der Waals surface area (Å²) in [5.74, 6) is 0.677. The first-order chi connectivity index (χ1) is 19.4. The topological polar surface area (TPSA) is 168 Å². The van der Waals surface area contributed by atoms with E-state index < -0.39 is 6.09 Å². The normalized spacial score (nSPS) is 20.8. The molecule has 0 bridgehead atoms. The number of benzene rings is 1. The average molecular weight is 563 g/mol. The van der Waals surface area contributed by atoms with Gasteiger partial charge in [-0.3, -0.25) is 0 Å². The Morgan fingerprint density at radius 2 is 2.08 bits per heavy atom. The van der Waals surface area contributed by atoms with Crippen molar-refractivity contribution >= 4 is 46.5 Å². The van der Waals surface area contributed by atoms with E-state index >= 15 is 0 Å². The zero-order valence-corrected chi connectivity index (χ0v) is 22.3. The lowest BCUT2D eigenvalue weighted by Gasteiger charge is -2.42. The van der Waals surface area contributed by atoms with Gasteiger partial charge >= 0.3 is 6.09 Å². The van der Waals surface area contributed by atoms with Crippen molar-refractivity contribution in [2.24, 2.45) is 0 Å². The number of hydrogen-bond donors (Lipinski definition) is 3. The highest BCUT2D eigenvalue weighted by Crippen LogP contribution is 2.38. The number of amides is 1. The van der Waals surface area contributed by atoms with Crippen LogP contribution in [0.25, 0.3) is 5.65 Å². The van der Waals surface area contributed by atoms with Gasteiger partial charge in [0.05, 0.1) is 46.4 Å². The summed E-state index contributed by atoms with van der Waals surface area (Å²) in [7, 11) is 0. The fraction of sp³-hybridized carbons (Fsp3) is 0.462. The van der Waals surface area contributed by atoms with Gasteiger partial charge in [0.15, 0.2) is 17.2 Å². The molecule has 3 aromatic rings. The maximum Gasteiger partial charge on any atom is 0.407 e. The molecule has 6 rings (SSSR count). The van der Waals surface area contributed by atoms with E-state index in [1.807, 2.05) is 4.90 Å². The van der Waals surface area contributed by atoms with E-state index in [4.69, 9.17) is 16.3 Å². The van der Waals surface area contributed by atoms with E-state index in [1.165, 1.54) is 15.6 Å². The fourth-order valence-electron chi connectivity index (χ4n) is 5.31. The summed E-state index contributed by atoms with van der Waals surface area (Å²) in [5, 5.41) is 40.4. The molecule has 1 aromatic carbocycles. The number of nitriles is 2. The van der Waals surface area contributed by atoms with Crippen molar-refractivity contribution in [3.63, 3.8) is 0 Å². The van der Waals surface area contributed by atoms with Gasteiger partial charge in [-0.1, -0.05) is 11.6 Å². The number of aromatic nitrogens is 4. The predicted molar refractivity (Wildman–Crippen MR) is 146 cm³/mol. The number of ether oxygens (including phenoxy) is 1. The number of carboxylic acid groups (broad SMARTS) is 1. The lowest BCUT2D eigenvalue weighted by atomic mass is 10.0. The van der Waals surface area contributed by atoms with Crippen molar-refractivity contribution in [1.82, 2.24) is 24.5 Å². The maximum absolute atomic E-state index is 12.0. The van der Waals surface area contributed by atoms with Crippen molar-refractivity contribution < 1.29 is 14.6 Å². The summed E-state index contributed by atoms with van der Waals surface area (Å²) >= 11 is 6.92. The third kappa shape index (κ3) is 5.13. The standard InChI is InChI=1S/C26H27ClN10O3/c27-22-20(32-25-33-23(31-16-3-4-16)24-30-13-18(12-29)37(24)34-25)8-15(11-28)9-21(22)35-5-6-36(26(38)39)17(14-35)10-19-2-1-7-40-19/h8-9,13,16-17,19H,1-7,10,14H2,(H,38,39)(H2,31,32,33,34). The van der Waals surface area contributed by atoms with Crippen LogP contribution in [0.15, 0.2) is 18.3 Å². The van der Waals surface area contributed by atoms with E-state index in [1.54, 1.807) is 12.1 Å². The van der Waals surface area contributed by atoms with Crippen molar-refractivity contribution in [3.8, 4) is 12.1 Å². The second-order valence-electron chi connectivity index (χ2n) is 10.2. The van der Waals surface area contributed by atoms with Crippen LogP contribution in [-0.4, -0.2) is 80.1 Å². The lowest BCUT2D eigenvalue weighted by Crippen LogP contribution is -2.56. The number of hydrogen-bond acceptors (Lipinski definition) is 10. The molecule has 40 heavy (non-hydrogen) atoms. The molecule has 206 valence electrons. The van der Waals surface area contributed by atoms with E-state index in [9.17, 15) is 20.4 Å². The maximum atomic E-state index is 12.0. The summed E-state index contributed by atoms with van der Waals surface area (Å²) < 4.78 is 7.21. The summed E-state index contributed by atoms with van der Waals surface area (Å²) in [6, 6.07) is 7.61. The Bertz CT molecular complexity index is 1540. The molecular formula is C26H27ClN10O3. The number of rotatable bonds is 7. The molecule has 2 atom stereocenters. The minimum atomic E-state index is -0.957. The Morgan fingerprint density at radius 1 is 1.23 bits per heavy atom. The van der Waals surface area contributed by atoms with Crippen LogP contribution in [0.1, 0.15) is 43.4 Å². The van der Waals surface area contributed by atoms with Crippen molar-refractivity contribution in [1.29, 1.82) is 10.5 Å². The van der Waals surface area contributed by atoms with E-state index in [-0.39, 0.29) is 29.8 Å². The zero-order chi connectivity index (χ0) is 27.8. The smallest absolute Gasteiger partial charge is 0.407 e. The molecule has 1 amide bonds. The minimum Gasteiger partial charge on any atom is -0.465 e. The van der Waals surface area contributed by atoms with E-state index in [2.05, 4.69) is 37.8 Å². The van der Waals surface area contributed by atoms with Gasteiger partial charge in [0.2, 0.25) is 5.95 Å². The van der Waals surface area contributed by atoms with Crippen LogP contribution in [0, 0.1) is 22.7 Å². The highest BCUT2D eigenvalue weighted by atomic mass is 35.5. The van der Waals surface area contributed by atoms with Gasteiger partial charge in [-0.25, -0.2) is 9.78 Å². The third-order valence-electron chi connectivity index (χ3n) is 7.45. The second kappa shape index (κ2) is 10.7. The van der Waals surface area contributed by atoms with E-state index in [0.717, 1.165) is 25.7 Å². The molecule has 2 aliphatic heterocycles. The number of carbonyl (C=O) groups is 1. The van der Waals surface area contributed by atoms with Crippen molar-refractivity contribution in [2.75, 3.05) is 41.8 Å². The molecule has 3 N–H and O–H groups in total. The van der Waals surface area contributed by atoms with Gasteiger partial charge < -0.3 is 30.3 Å². The number of anilines is 4. The highest BCUT2D eigenvalue weighted by Gasteiger charge is 2.34.